The second-order valence-electron chi connectivity index (χ2n) is 10.4. The van der Waals surface area contributed by atoms with Crippen LogP contribution in [-0.2, 0) is 6.54 Å². The van der Waals surface area contributed by atoms with E-state index in [0.29, 0.717) is 18.0 Å². The maximum Gasteiger partial charge on any atom is 0.123 e. The van der Waals surface area contributed by atoms with Gasteiger partial charge in [0.25, 0.3) is 0 Å². The fraction of sp³-hybridized carbons (Fsp3) is 0.303. The Labute approximate surface area is 220 Å². The summed E-state index contributed by atoms with van der Waals surface area (Å²) < 4.78 is 5.83. The van der Waals surface area contributed by atoms with Crippen LogP contribution < -0.4 is 4.74 Å². The Morgan fingerprint density at radius 2 is 1.54 bits per heavy atom. The van der Waals surface area contributed by atoms with Crippen LogP contribution in [0.4, 0.5) is 0 Å². The van der Waals surface area contributed by atoms with E-state index in [1.165, 1.54) is 47.2 Å². The molecule has 188 valence electrons. The van der Waals surface area contributed by atoms with Gasteiger partial charge in [-0.25, -0.2) is 0 Å². The van der Waals surface area contributed by atoms with Gasteiger partial charge < -0.3 is 4.74 Å². The Morgan fingerprint density at radius 3 is 2.22 bits per heavy atom. The number of hydrogen-bond acceptors (Lipinski definition) is 4. The molecule has 4 aromatic rings. The number of piperazine rings is 1. The molecule has 6 rings (SSSR count). The van der Waals surface area contributed by atoms with Crippen LogP contribution in [0.15, 0.2) is 103 Å². The maximum atomic E-state index is 5.83. The zero-order chi connectivity index (χ0) is 25.0. The standard InChI is InChI=1S/C33H35N3O/c1-37-32-15-14-28(25-16-18-34-19-17-25)21-29(32)22-35-23-30-13-8-20-36(30)31(24-35)33(26-9-4-2-5-10-26)27-11-6-3-7-12-27/h2-7,9-12,14-19,21,30-31,33H,8,13,20,22-24H2,1H3. The monoisotopic (exact) mass is 489 g/mol. The van der Waals surface area contributed by atoms with Crippen molar-refractivity contribution in [3.63, 3.8) is 0 Å². The summed E-state index contributed by atoms with van der Waals surface area (Å²) in [6, 6.07) is 34.0. The fourth-order valence-corrected chi connectivity index (χ4v) is 6.48. The molecule has 3 heterocycles. The third-order valence-corrected chi connectivity index (χ3v) is 8.15. The summed E-state index contributed by atoms with van der Waals surface area (Å²) in [5, 5.41) is 0. The number of ether oxygens (including phenoxy) is 1. The van der Waals surface area contributed by atoms with Crippen LogP contribution in [0.25, 0.3) is 11.1 Å². The van der Waals surface area contributed by atoms with Crippen LogP contribution in [0.1, 0.15) is 35.4 Å². The summed E-state index contributed by atoms with van der Waals surface area (Å²) in [4.78, 5) is 9.67. The van der Waals surface area contributed by atoms with Crippen molar-refractivity contribution >= 4 is 0 Å². The van der Waals surface area contributed by atoms with E-state index in [9.17, 15) is 0 Å². The Bertz CT molecular complexity index is 1260. The summed E-state index contributed by atoms with van der Waals surface area (Å²) >= 11 is 0. The van der Waals surface area contributed by atoms with Crippen LogP contribution >= 0.6 is 0 Å². The van der Waals surface area contributed by atoms with Crippen molar-refractivity contribution in [2.45, 2.75) is 37.4 Å². The minimum Gasteiger partial charge on any atom is -0.496 e. The maximum absolute atomic E-state index is 5.83. The third kappa shape index (κ3) is 5.04. The first kappa shape index (κ1) is 23.9. The molecule has 2 atom stereocenters. The third-order valence-electron chi connectivity index (χ3n) is 8.15. The van der Waals surface area contributed by atoms with E-state index in [1.807, 2.05) is 12.4 Å². The van der Waals surface area contributed by atoms with Gasteiger partial charge in [-0.15, -0.1) is 0 Å². The molecule has 37 heavy (non-hydrogen) atoms. The van der Waals surface area contributed by atoms with E-state index < -0.39 is 0 Å². The molecule has 0 N–H and O–H groups in total. The van der Waals surface area contributed by atoms with Gasteiger partial charge in [-0.05, 0) is 65.9 Å². The molecule has 0 aliphatic carbocycles. The predicted molar refractivity (Wildman–Crippen MR) is 150 cm³/mol. The van der Waals surface area contributed by atoms with E-state index in [4.69, 9.17) is 4.74 Å². The van der Waals surface area contributed by atoms with Crippen LogP contribution in [0.5, 0.6) is 5.75 Å². The molecule has 0 bridgehead atoms. The fourth-order valence-electron chi connectivity index (χ4n) is 6.48. The average molecular weight is 490 g/mol. The number of fused-ring (bicyclic) bond motifs is 1. The van der Waals surface area contributed by atoms with Crippen molar-refractivity contribution in [2.75, 3.05) is 26.7 Å². The normalized spacial score (nSPS) is 20.2. The Balaban J connectivity index is 1.33. The Kier molecular flexibility index (Phi) is 7.03. The molecular weight excluding hydrogens is 454 g/mol. The number of methoxy groups -OCH3 is 1. The smallest absolute Gasteiger partial charge is 0.123 e. The van der Waals surface area contributed by atoms with Gasteiger partial charge in [-0.3, -0.25) is 14.8 Å². The van der Waals surface area contributed by atoms with E-state index in [2.05, 4.69) is 106 Å². The first-order valence-electron chi connectivity index (χ1n) is 13.5. The number of rotatable bonds is 7. The molecule has 0 radical (unpaired) electrons. The van der Waals surface area contributed by atoms with Gasteiger partial charge in [0.05, 0.1) is 7.11 Å². The highest BCUT2D eigenvalue weighted by molar-refractivity contribution is 5.65. The molecule has 3 aromatic carbocycles. The molecule has 2 aliphatic heterocycles. The number of benzene rings is 3. The lowest BCUT2D eigenvalue weighted by Gasteiger charge is -2.47. The Hall–Kier alpha value is -3.47. The first-order valence-corrected chi connectivity index (χ1v) is 13.5. The highest BCUT2D eigenvalue weighted by Crippen LogP contribution is 2.38. The second-order valence-corrected chi connectivity index (χ2v) is 10.4. The lowest BCUT2D eigenvalue weighted by molar-refractivity contribution is 0.0380. The summed E-state index contributed by atoms with van der Waals surface area (Å²) in [7, 11) is 1.78. The lowest BCUT2D eigenvalue weighted by atomic mass is 9.82. The zero-order valence-corrected chi connectivity index (χ0v) is 21.5. The van der Waals surface area contributed by atoms with Gasteiger partial charge in [0.1, 0.15) is 5.75 Å². The molecule has 0 spiro atoms. The van der Waals surface area contributed by atoms with E-state index in [-0.39, 0.29) is 0 Å². The van der Waals surface area contributed by atoms with Crippen molar-refractivity contribution in [1.82, 2.24) is 14.8 Å². The molecule has 0 saturated carbocycles. The number of pyridine rings is 1. The van der Waals surface area contributed by atoms with Gasteiger partial charge >= 0.3 is 0 Å². The summed E-state index contributed by atoms with van der Waals surface area (Å²) in [6.07, 6.45) is 6.27. The molecule has 4 nitrogen and oxygen atoms in total. The number of nitrogens with zero attached hydrogens (tertiary/aromatic N) is 3. The van der Waals surface area contributed by atoms with Crippen LogP contribution in [0.2, 0.25) is 0 Å². The second kappa shape index (κ2) is 10.9. The number of aromatic nitrogens is 1. The highest BCUT2D eigenvalue weighted by atomic mass is 16.5. The number of hydrogen-bond donors (Lipinski definition) is 0. The summed E-state index contributed by atoms with van der Waals surface area (Å²) in [5.74, 6) is 1.31. The average Bonchev–Trinajstić information content (AvgIpc) is 3.44. The van der Waals surface area contributed by atoms with Crippen LogP contribution in [0, 0.1) is 0 Å². The molecule has 2 aliphatic rings. The molecule has 0 amide bonds. The minimum absolute atomic E-state index is 0.343. The molecule has 2 fully saturated rings. The Morgan fingerprint density at radius 1 is 0.838 bits per heavy atom. The first-order chi connectivity index (χ1) is 18.3. The molecular formula is C33H35N3O. The van der Waals surface area contributed by atoms with Gasteiger partial charge in [0.2, 0.25) is 0 Å². The van der Waals surface area contributed by atoms with Crippen molar-refractivity contribution in [3.05, 3.63) is 120 Å². The SMILES string of the molecule is COc1ccc(-c2ccncc2)cc1CN1CC2CCCN2C(C(c2ccccc2)c2ccccc2)C1. The van der Waals surface area contributed by atoms with Gasteiger partial charge in [0.15, 0.2) is 0 Å². The van der Waals surface area contributed by atoms with E-state index >= 15 is 0 Å². The minimum atomic E-state index is 0.343. The zero-order valence-electron chi connectivity index (χ0n) is 21.5. The molecule has 4 heteroatoms. The summed E-state index contributed by atoms with van der Waals surface area (Å²) in [6.45, 7) is 4.22. The largest absolute Gasteiger partial charge is 0.496 e. The van der Waals surface area contributed by atoms with Crippen molar-refractivity contribution in [1.29, 1.82) is 0 Å². The topological polar surface area (TPSA) is 28.6 Å². The van der Waals surface area contributed by atoms with E-state index in [0.717, 1.165) is 25.4 Å². The highest BCUT2D eigenvalue weighted by Gasteiger charge is 2.41. The van der Waals surface area contributed by atoms with Crippen molar-refractivity contribution < 1.29 is 4.74 Å². The van der Waals surface area contributed by atoms with Gasteiger partial charge in [-0.2, -0.15) is 0 Å². The predicted octanol–water partition coefficient (Wildman–Crippen LogP) is 6.24. The molecule has 2 unspecified atom stereocenters. The van der Waals surface area contributed by atoms with Crippen LogP contribution in [-0.4, -0.2) is 53.6 Å². The molecule has 1 aromatic heterocycles. The van der Waals surface area contributed by atoms with Crippen molar-refractivity contribution in [2.24, 2.45) is 0 Å². The van der Waals surface area contributed by atoms with E-state index in [1.54, 1.807) is 7.11 Å². The van der Waals surface area contributed by atoms with Gasteiger partial charge in [0, 0.05) is 55.6 Å². The summed E-state index contributed by atoms with van der Waals surface area (Å²) in [5.41, 5.74) is 6.45. The lowest BCUT2D eigenvalue weighted by Crippen LogP contribution is -2.57. The quantitative estimate of drug-likeness (QED) is 0.307. The van der Waals surface area contributed by atoms with Crippen molar-refractivity contribution in [3.8, 4) is 16.9 Å². The van der Waals surface area contributed by atoms with Gasteiger partial charge in [-0.1, -0.05) is 66.7 Å². The van der Waals surface area contributed by atoms with Crippen LogP contribution in [0.3, 0.4) is 0 Å². The molecule has 2 saturated heterocycles.